The largest absolute Gasteiger partial charge is 0.480 e. The second-order valence-electron chi connectivity index (χ2n) is 3.49. The van der Waals surface area contributed by atoms with Gasteiger partial charge in [0, 0.05) is 0 Å². The Labute approximate surface area is 98.6 Å². The number of benzene rings is 1. The summed E-state index contributed by atoms with van der Waals surface area (Å²) >= 11 is 0. The van der Waals surface area contributed by atoms with Gasteiger partial charge in [0.15, 0.2) is 9.84 Å². The number of rotatable bonds is 2. The van der Waals surface area contributed by atoms with E-state index in [-0.39, 0.29) is 5.75 Å². The highest BCUT2D eigenvalue weighted by atomic mass is 32.2. The zero-order valence-electron chi connectivity index (χ0n) is 8.91. The summed E-state index contributed by atoms with van der Waals surface area (Å²) in [5, 5.41) is 15.9. The molecule has 0 saturated carbocycles. The van der Waals surface area contributed by atoms with Gasteiger partial charge in [-0.25, -0.2) is 8.42 Å². The van der Waals surface area contributed by atoms with Crippen LogP contribution in [-0.2, 0) is 20.4 Å². The number of carboxylic acids is 1. The lowest BCUT2D eigenvalue weighted by Crippen LogP contribution is -2.33. The third-order valence-electron chi connectivity index (χ3n) is 2.17. The smallest absolute Gasteiger partial charge is 0.322 e. The first-order valence-corrected chi connectivity index (χ1v) is 6.43. The summed E-state index contributed by atoms with van der Waals surface area (Å²) in [5.74, 6) is -0.953. The first-order chi connectivity index (χ1) is 7.88. The number of hydrogen-bond donors (Lipinski definition) is 3. The topological polar surface area (TPSA) is 118 Å². The second-order valence-corrected chi connectivity index (χ2v) is 5.45. The summed E-state index contributed by atoms with van der Waals surface area (Å²) in [5.41, 5.74) is 5.71. The zero-order chi connectivity index (χ0) is 13.1. The standard InChI is InChI=1S/C7H6O2S.C3H7NO3/c8-10(9)5-6-3-1-2-4-7(6)10;4-2(1-5)3(6)7/h1-4H,5H2;2,5H,1,4H2,(H,6,7). The fourth-order valence-corrected chi connectivity index (χ4v) is 2.60. The summed E-state index contributed by atoms with van der Waals surface area (Å²) in [4.78, 5) is 10.2. The fourth-order valence-electron chi connectivity index (χ4n) is 1.21. The van der Waals surface area contributed by atoms with Gasteiger partial charge in [-0.05, 0) is 11.6 Å². The molecule has 1 atom stereocenters. The number of hydrogen-bond acceptors (Lipinski definition) is 5. The predicted molar refractivity (Wildman–Crippen MR) is 60.0 cm³/mol. The minimum atomic E-state index is -2.84. The minimum Gasteiger partial charge on any atom is -0.480 e. The number of aliphatic carboxylic acids is 1. The third kappa shape index (κ3) is 3.26. The van der Waals surface area contributed by atoms with E-state index in [1.165, 1.54) is 0 Å². The maximum absolute atomic E-state index is 10.9. The van der Waals surface area contributed by atoms with Crippen LogP contribution in [0, 0.1) is 0 Å². The first kappa shape index (κ1) is 13.6. The van der Waals surface area contributed by atoms with E-state index in [4.69, 9.17) is 15.9 Å². The lowest BCUT2D eigenvalue weighted by atomic mass is 10.2. The molecule has 0 spiro atoms. The van der Waals surface area contributed by atoms with Gasteiger partial charge < -0.3 is 15.9 Å². The van der Waals surface area contributed by atoms with Crippen LogP contribution in [0.15, 0.2) is 29.2 Å². The van der Waals surface area contributed by atoms with Gasteiger partial charge in [0.05, 0.1) is 17.3 Å². The van der Waals surface area contributed by atoms with Crippen molar-refractivity contribution in [2.45, 2.75) is 16.7 Å². The van der Waals surface area contributed by atoms with Gasteiger partial charge in [-0.3, -0.25) is 4.79 Å². The van der Waals surface area contributed by atoms with Gasteiger partial charge >= 0.3 is 5.97 Å². The molecule has 0 amide bonds. The Kier molecular flexibility index (Phi) is 4.22. The average molecular weight is 259 g/mol. The second kappa shape index (κ2) is 5.26. The van der Waals surface area contributed by atoms with Crippen molar-refractivity contribution in [2.75, 3.05) is 6.61 Å². The van der Waals surface area contributed by atoms with Crippen molar-refractivity contribution in [3.63, 3.8) is 0 Å². The average Bonchev–Trinajstić information content (AvgIpc) is 2.27. The fraction of sp³-hybridized carbons (Fsp3) is 0.300. The Morgan fingerprint density at radius 1 is 1.41 bits per heavy atom. The molecule has 1 aliphatic rings. The quantitative estimate of drug-likeness (QED) is 0.650. The molecule has 0 fully saturated rings. The maximum atomic E-state index is 10.9. The van der Waals surface area contributed by atoms with Crippen molar-refractivity contribution in [1.82, 2.24) is 0 Å². The van der Waals surface area contributed by atoms with Crippen LogP contribution in [-0.4, -0.2) is 37.2 Å². The Morgan fingerprint density at radius 3 is 2.29 bits per heavy atom. The molecule has 17 heavy (non-hydrogen) atoms. The van der Waals surface area contributed by atoms with Crippen molar-refractivity contribution in [2.24, 2.45) is 5.73 Å². The van der Waals surface area contributed by atoms with E-state index in [1.807, 2.05) is 12.1 Å². The van der Waals surface area contributed by atoms with Gasteiger partial charge in [-0.2, -0.15) is 0 Å². The molecule has 0 bridgehead atoms. The van der Waals surface area contributed by atoms with Crippen molar-refractivity contribution in [3.05, 3.63) is 29.8 Å². The van der Waals surface area contributed by atoms with Gasteiger partial charge in [0.2, 0.25) is 0 Å². The number of nitrogens with two attached hydrogens (primary N) is 1. The number of carbonyl (C=O) groups is 1. The molecule has 0 saturated heterocycles. The van der Waals surface area contributed by atoms with Crippen LogP contribution in [0.2, 0.25) is 0 Å². The first-order valence-electron chi connectivity index (χ1n) is 4.78. The zero-order valence-corrected chi connectivity index (χ0v) is 9.72. The number of aliphatic hydroxyl groups is 1. The molecule has 4 N–H and O–H groups in total. The minimum absolute atomic E-state index is 0.225. The molecule has 7 heteroatoms. The predicted octanol–water partition coefficient (Wildman–Crippen LogP) is -0.635. The molecule has 0 aromatic heterocycles. The highest BCUT2D eigenvalue weighted by Gasteiger charge is 2.29. The monoisotopic (exact) mass is 259 g/mol. The molecule has 1 aliphatic heterocycles. The summed E-state index contributed by atoms with van der Waals surface area (Å²) < 4.78 is 21.8. The van der Waals surface area contributed by atoms with Crippen molar-refractivity contribution < 1.29 is 23.4 Å². The summed E-state index contributed by atoms with van der Waals surface area (Å²) in [6, 6.07) is 5.97. The Morgan fingerprint density at radius 2 is 2.00 bits per heavy atom. The van der Waals surface area contributed by atoms with Gasteiger partial charge in [-0.1, -0.05) is 18.2 Å². The molecular weight excluding hydrogens is 246 g/mol. The Hall–Kier alpha value is -1.44. The molecule has 1 aromatic carbocycles. The summed E-state index contributed by atoms with van der Waals surface area (Å²) in [6.45, 7) is -0.505. The van der Waals surface area contributed by atoms with Gasteiger partial charge in [0.1, 0.15) is 6.04 Å². The van der Waals surface area contributed by atoms with E-state index in [9.17, 15) is 13.2 Å². The third-order valence-corrected chi connectivity index (χ3v) is 3.93. The number of fused-ring (bicyclic) bond motifs is 1. The van der Waals surface area contributed by atoms with Crippen molar-refractivity contribution >= 4 is 15.8 Å². The Bertz CT molecular complexity index is 511. The van der Waals surface area contributed by atoms with Crippen molar-refractivity contribution in [1.29, 1.82) is 0 Å². The lowest BCUT2D eigenvalue weighted by molar-refractivity contribution is -0.139. The molecule has 6 nitrogen and oxygen atoms in total. The van der Waals surface area contributed by atoms with Gasteiger partial charge in [0.25, 0.3) is 0 Å². The lowest BCUT2D eigenvalue weighted by Gasteiger charge is -2.17. The van der Waals surface area contributed by atoms with Crippen LogP contribution in [0.25, 0.3) is 0 Å². The van der Waals surface area contributed by atoms with E-state index in [0.29, 0.717) is 4.90 Å². The maximum Gasteiger partial charge on any atom is 0.322 e. The van der Waals surface area contributed by atoms with Crippen LogP contribution >= 0.6 is 0 Å². The molecular formula is C10H13NO5S. The van der Waals surface area contributed by atoms with Crippen LogP contribution in [0.1, 0.15) is 5.56 Å². The van der Waals surface area contributed by atoms with Crippen LogP contribution in [0.3, 0.4) is 0 Å². The summed E-state index contributed by atoms with van der Waals surface area (Å²) in [7, 11) is -2.84. The normalized spacial score (nSPS) is 16.8. The van der Waals surface area contributed by atoms with Gasteiger partial charge in [-0.15, -0.1) is 0 Å². The molecule has 2 rings (SSSR count). The Balaban J connectivity index is 0.000000185. The van der Waals surface area contributed by atoms with E-state index in [1.54, 1.807) is 12.1 Å². The molecule has 1 unspecified atom stereocenters. The van der Waals surface area contributed by atoms with E-state index in [2.05, 4.69) is 0 Å². The highest BCUT2D eigenvalue weighted by Crippen LogP contribution is 2.30. The molecule has 0 aliphatic carbocycles. The molecule has 1 aromatic rings. The van der Waals surface area contributed by atoms with E-state index >= 15 is 0 Å². The number of aliphatic hydroxyl groups excluding tert-OH is 1. The van der Waals surface area contributed by atoms with Crippen LogP contribution in [0.5, 0.6) is 0 Å². The number of sulfone groups is 1. The van der Waals surface area contributed by atoms with Crippen molar-refractivity contribution in [3.8, 4) is 0 Å². The van der Waals surface area contributed by atoms with E-state index < -0.39 is 28.5 Å². The highest BCUT2D eigenvalue weighted by molar-refractivity contribution is 7.92. The summed E-state index contributed by atoms with van der Waals surface area (Å²) in [6.07, 6.45) is 0. The molecule has 94 valence electrons. The SMILES string of the molecule is NC(CO)C(=O)O.O=S1(=O)Cc2ccccc21. The van der Waals surface area contributed by atoms with E-state index in [0.717, 1.165) is 5.56 Å². The molecule has 1 heterocycles. The molecule has 0 radical (unpaired) electrons. The van der Waals surface area contributed by atoms with Crippen LogP contribution < -0.4 is 5.73 Å². The van der Waals surface area contributed by atoms with Crippen LogP contribution in [0.4, 0.5) is 0 Å². The number of carboxylic acid groups (broad SMARTS) is 1.